The molecule has 0 aliphatic heterocycles. The number of rotatable bonds is 4. The highest BCUT2D eigenvalue weighted by Gasteiger charge is 2.32. The normalized spacial score (nSPS) is 11.2. The molecule has 0 aliphatic carbocycles. The molecule has 0 unspecified atom stereocenters. The highest BCUT2D eigenvalue weighted by Crippen LogP contribution is 2.45. The molecular formula is C19H16FO2P. The van der Waals surface area contributed by atoms with Crippen LogP contribution in [0.5, 0.6) is 5.75 Å². The maximum atomic E-state index is 14.1. The molecule has 3 aromatic rings. The van der Waals surface area contributed by atoms with Crippen LogP contribution in [0.15, 0.2) is 78.9 Å². The standard InChI is InChI=1S/C19H16FO2P/c1-22-18-13-12-15(20)14-19(18)23(21,16-8-4-2-5-9-16)17-10-6-3-7-11-17/h2-14H,1H3. The maximum Gasteiger partial charge on any atom is 0.174 e. The Labute approximate surface area is 134 Å². The van der Waals surface area contributed by atoms with Crippen molar-refractivity contribution in [3.8, 4) is 5.75 Å². The lowest BCUT2D eigenvalue weighted by atomic mass is 10.3. The minimum absolute atomic E-state index is 0.373. The van der Waals surface area contributed by atoms with Crippen LogP contribution in [0.1, 0.15) is 0 Å². The van der Waals surface area contributed by atoms with E-state index < -0.39 is 13.0 Å². The summed E-state index contributed by atoms with van der Waals surface area (Å²) in [5.41, 5.74) is 0. The molecule has 0 saturated carbocycles. The lowest BCUT2D eigenvalue weighted by molar-refractivity contribution is 0.417. The van der Waals surface area contributed by atoms with Gasteiger partial charge in [-0.25, -0.2) is 4.39 Å². The molecular weight excluding hydrogens is 310 g/mol. The molecule has 0 spiro atoms. The van der Waals surface area contributed by atoms with E-state index >= 15 is 0 Å². The van der Waals surface area contributed by atoms with Crippen LogP contribution in [0.4, 0.5) is 4.39 Å². The first-order valence-corrected chi connectivity index (χ1v) is 8.92. The zero-order chi connectivity index (χ0) is 16.3. The first-order valence-electron chi connectivity index (χ1n) is 7.21. The van der Waals surface area contributed by atoms with E-state index in [4.69, 9.17) is 4.74 Å². The van der Waals surface area contributed by atoms with Gasteiger partial charge in [-0.1, -0.05) is 60.7 Å². The Morgan fingerprint density at radius 1 is 0.826 bits per heavy atom. The third-order valence-corrected chi connectivity index (χ3v) is 6.80. The summed E-state index contributed by atoms with van der Waals surface area (Å²) < 4.78 is 33.3. The number of hydrogen-bond acceptors (Lipinski definition) is 2. The topological polar surface area (TPSA) is 26.3 Å². The quantitative estimate of drug-likeness (QED) is 0.686. The van der Waals surface area contributed by atoms with Gasteiger partial charge in [-0.15, -0.1) is 0 Å². The zero-order valence-corrected chi connectivity index (χ0v) is 13.5. The van der Waals surface area contributed by atoms with Gasteiger partial charge in [-0.05, 0) is 18.2 Å². The molecule has 0 aromatic heterocycles. The SMILES string of the molecule is COc1ccc(F)cc1P(=O)(c1ccccc1)c1ccccc1. The third kappa shape index (κ3) is 2.80. The Morgan fingerprint density at radius 3 is 1.83 bits per heavy atom. The van der Waals surface area contributed by atoms with Crippen molar-refractivity contribution in [3.05, 3.63) is 84.7 Å². The van der Waals surface area contributed by atoms with Crippen molar-refractivity contribution >= 4 is 23.1 Å². The molecule has 0 saturated heterocycles. The maximum absolute atomic E-state index is 14.1. The van der Waals surface area contributed by atoms with Crippen molar-refractivity contribution in [2.24, 2.45) is 0 Å². The van der Waals surface area contributed by atoms with Crippen molar-refractivity contribution in [1.82, 2.24) is 0 Å². The summed E-state index contributed by atoms with van der Waals surface area (Å²) in [6, 6.07) is 22.4. The molecule has 3 aromatic carbocycles. The summed E-state index contributed by atoms with van der Waals surface area (Å²) in [5.74, 6) is -0.0182. The van der Waals surface area contributed by atoms with Gasteiger partial charge in [0.25, 0.3) is 0 Å². The summed E-state index contributed by atoms with van der Waals surface area (Å²) in [4.78, 5) is 0. The third-order valence-electron chi connectivity index (χ3n) is 3.72. The molecule has 0 aliphatic rings. The molecule has 0 amide bonds. The molecule has 2 nitrogen and oxygen atoms in total. The zero-order valence-electron chi connectivity index (χ0n) is 12.6. The predicted octanol–water partition coefficient (Wildman–Crippen LogP) is 3.47. The van der Waals surface area contributed by atoms with Gasteiger partial charge in [0.15, 0.2) is 7.14 Å². The summed E-state index contributed by atoms with van der Waals surface area (Å²) in [6.07, 6.45) is 0. The van der Waals surface area contributed by atoms with E-state index in [0.717, 1.165) is 0 Å². The predicted molar refractivity (Wildman–Crippen MR) is 92.3 cm³/mol. The highest BCUT2D eigenvalue weighted by molar-refractivity contribution is 7.85. The summed E-state index contributed by atoms with van der Waals surface area (Å²) in [7, 11) is -1.73. The van der Waals surface area contributed by atoms with E-state index in [0.29, 0.717) is 21.7 Å². The van der Waals surface area contributed by atoms with Crippen molar-refractivity contribution in [3.63, 3.8) is 0 Å². The van der Waals surface area contributed by atoms with Crippen LogP contribution in [0.2, 0.25) is 0 Å². The second-order valence-electron chi connectivity index (χ2n) is 5.10. The van der Waals surface area contributed by atoms with E-state index in [1.807, 2.05) is 36.4 Å². The fraction of sp³-hybridized carbons (Fsp3) is 0.0526. The van der Waals surface area contributed by atoms with E-state index in [2.05, 4.69) is 0 Å². The number of benzene rings is 3. The average Bonchev–Trinajstić information content (AvgIpc) is 2.62. The van der Waals surface area contributed by atoms with Crippen LogP contribution in [0.25, 0.3) is 0 Å². The largest absolute Gasteiger partial charge is 0.496 e. The van der Waals surface area contributed by atoms with Gasteiger partial charge in [0.2, 0.25) is 0 Å². The van der Waals surface area contributed by atoms with Gasteiger partial charge in [0.05, 0.1) is 12.4 Å². The van der Waals surface area contributed by atoms with E-state index in [1.54, 1.807) is 24.3 Å². The van der Waals surface area contributed by atoms with Crippen molar-refractivity contribution < 1.29 is 13.7 Å². The van der Waals surface area contributed by atoms with Crippen LogP contribution in [0, 0.1) is 5.82 Å². The Bertz CT molecular complexity index is 804. The number of hydrogen-bond donors (Lipinski definition) is 0. The molecule has 23 heavy (non-hydrogen) atoms. The molecule has 0 bridgehead atoms. The van der Waals surface area contributed by atoms with Gasteiger partial charge < -0.3 is 9.30 Å². The van der Waals surface area contributed by atoms with Crippen LogP contribution < -0.4 is 20.7 Å². The minimum Gasteiger partial charge on any atom is -0.496 e. The van der Waals surface area contributed by atoms with Gasteiger partial charge in [-0.3, -0.25) is 0 Å². The second kappa shape index (κ2) is 6.39. The van der Waals surface area contributed by atoms with Crippen molar-refractivity contribution in [2.45, 2.75) is 0 Å². The molecule has 0 fully saturated rings. The van der Waals surface area contributed by atoms with Crippen LogP contribution in [-0.4, -0.2) is 7.11 Å². The molecule has 0 N–H and O–H groups in total. The first kappa shape index (κ1) is 15.5. The van der Waals surface area contributed by atoms with Gasteiger partial charge in [0, 0.05) is 10.6 Å². The Balaban J connectivity index is 2.35. The molecule has 4 heteroatoms. The first-order chi connectivity index (χ1) is 11.2. The average molecular weight is 326 g/mol. The Morgan fingerprint density at radius 2 is 1.35 bits per heavy atom. The van der Waals surface area contributed by atoms with Gasteiger partial charge >= 0.3 is 0 Å². The summed E-state index contributed by atoms with van der Waals surface area (Å²) >= 11 is 0. The van der Waals surface area contributed by atoms with E-state index in [-0.39, 0.29) is 0 Å². The van der Waals surface area contributed by atoms with E-state index in [1.165, 1.54) is 25.3 Å². The van der Waals surface area contributed by atoms with Crippen LogP contribution in [0.3, 0.4) is 0 Å². The Hall–Kier alpha value is -2.38. The smallest absolute Gasteiger partial charge is 0.174 e. The van der Waals surface area contributed by atoms with Gasteiger partial charge in [0.1, 0.15) is 11.6 Å². The fourth-order valence-electron chi connectivity index (χ4n) is 2.61. The Kier molecular flexibility index (Phi) is 4.31. The number of ether oxygens (including phenoxy) is 1. The highest BCUT2D eigenvalue weighted by atomic mass is 31.2. The van der Waals surface area contributed by atoms with Crippen molar-refractivity contribution in [2.75, 3.05) is 7.11 Å². The number of methoxy groups -OCH3 is 1. The number of halogens is 1. The monoisotopic (exact) mass is 326 g/mol. The van der Waals surface area contributed by atoms with Crippen LogP contribution in [-0.2, 0) is 4.57 Å². The lowest BCUT2D eigenvalue weighted by Gasteiger charge is -2.22. The summed E-state index contributed by atoms with van der Waals surface area (Å²) in [5, 5.41) is 1.67. The molecule has 0 heterocycles. The van der Waals surface area contributed by atoms with E-state index in [9.17, 15) is 8.96 Å². The van der Waals surface area contributed by atoms with Crippen LogP contribution >= 0.6 is 7.14 Å². The minimum atomic E-state index is -3.22. The van der Waals surface area contributed by atoms with Crippen molar-refractivity contribution in [1.29, 1.82) is 0 Å². The molecule has 3 rings (SSSR count). The second-order valence-corrected chi connectivity index (χ2v) is 7.83. The fourth-order valence-corrected chi connectivity index (χ4v) is 5.43. The molecule has 0 radical (unpaired) electrons. The molecule has 0 atom stereocenters. The summed E-state index contributed by atoms with van der Waals surface area (Å²) in [6.45, 7) is 0. The lowest BCUT2D eigenvalue weighted by Crippen LogP contribution is -2.26. The van der Waals surface area contributed by atoms with Gasteiger partial charge in [-0.2, -0.15) is 0 Å². The molecule has 116 valence electrons.